The summed E-state index contributed by atoms with van der Waals surface area (Å²) in [6, 6.07) is 11.4. The van der Waals surface area contributed by atoms with E-state index < -0.39 is 0 Å². The molecule has 1 heterocycles. The highest BCUT2D eigenvalue weighted by atomic mass is 79.9. The Labute approximate surface area is 187 Å². The van der Waals surface area contributed by atoms with E-state index in [0.717, 1.165) is 26.9 Å². The van der Waals surface area contributed by atoms with Crippen molar-refractivity contribution in [3.8, 4) is 11.4 Å². The third-order valence-electron chi connectivity index (χ3n) is 4.32. The molecule has 5 nitrogen and oxygen atoms in total. The predicted octanol–water partition coefficient (Wildman–Crippen LogP) is 5.89. The van der Waals surface area contributed by atoms with Crippen LogP contribution in [0.1, 0.15) is 11.1 Å². The van der Waals surface area contributed by atoms with Crippen molar-refractivity contribution in [3.05, 3.63) is 69.7 Å². The Hall–Kier alpha value is -2.09. The summed E-state index contributed by atoms with van der Waals surface area (Å²) in [6.45, 7) is 8.40. The molecule has 2 aromatic carbocycles. The number of hydrogen-bond acceptors (Lipinski definition) is 4. The molecule has 1 N–H and O–H groups in total. The molecule has 150 valence electrons. The molecule has 3 rings (SSSR count). The summed E-state index contributed by atoms with van der Waals surface area (Å²) in [5, 5.41) is 12.8. The molecule has 3 aromatic rings. The summed E-state index contributed by atoms with van der Waals surface area (Å²) in [7, 11) is 0. The first-order valence-corrected chi connectivity index (χ1v) is 11.0. The van der Waals surface area contributed by atoms with E-state index in [4.69, 9.17) is 11.6 Å². The molecule has 0 saturated carbocycles. The molecule has 0 aliphatic carbocycles. The molecule has 1 aromatic heterocycles. The molecule has 0 spiro atoms. The van der Waals surface area contributed by atoms with E-state index in [1.165, 1.54) is 11.8 Å². The number of anilines is 1. The number of allylic oxidation sites excluding steroid dienone is 1. The smallest absolute Gasteiger partial charge is 0.234 e. The van der Waals surface area contributed by atoms with Gasteiger partial charge in [-0.1, -0.05) is 29.4 Å². The Kier molecular flexibility index (Phi) is 7.16. The van der Waals surface area contributed by atoms with E-state index in [0.29, 0.717) is 22.5 Å². The highest BCUT2D eigenvalue weighted by Gasteiger charge is 2.15. The van der Waals surface area contributed by atoms with Crippen molar-refractivity contribution in [1.29, 1.82) is 0 Å². The summed E-state index contributed by atoms with van der Waals surface area (Å²) in [4.78, 5) is 12.5. The third-order valence-corrected chi connectivity index (χ3v) is 6.20. The average Bonchev–Trinajstić information content (AvgIpc) is 3.08. The molecule has 29 heavy (non-hydrogen) atoms. The molecule has 8 heteroatoms. The van der Waals surface area contributed by atoms with Crippen LogP contribution in [0.2, 0.25) is 5.02 Å². The van der Waals surface area contributed by atoms with Crippen LogP contribution < -0.4 is 5.32 Å². The molecule has 0 fully saturated rings. The second-order valence-electron chi connectivity index (χ2n) is 6.47. The predicted molar refractivity (Wildman–Crippen MR) is 124 cm³/mol. The lowest BCUT2D eigenvalue weighted by atomic mass is 10.1. The van der Waals surface area contributed by atoms with Gasteiger partial charge in [-0.2, -0.15) is 0 Å². The van der Waals surface area contributed by atoms with Crippen LogP contribution in [0.3, 0.4) is 0 Å². The fourth-order valence-electron chi connectivity index (χ4n) is 2.69. The number of nitrogens with zero attached hydrogens (tertiary/aromatic N) is 3. The standard InChI is InChI=1S/C21H20BrClN4OS/c1-4-9-27-20(15-5-7-16(23)8-6-15)25-26-21(27)29-12-19(28)24-18-11-14(3)13(2)10-17(18)22/h4-8,10-11H,1,9,12H2,2-3H3,(H,24,28). The van der Waals surface area contributed by atoms with Crippen LogP contribution in [0.15, 0.2) is 58.7 Å². The number of thioether (sulfide) groups is 1. The van der Waals surface area contributed by atoms with Crippen LogP contribution in [0.4, 0.5) is 5.69 Å². The normalized spacial score (nSPS) is 10.8. The number of carbonyl (C=O) groups is 1. The van der Waals surface area contributed by atoms with Gasteiger partial charge >= 0.3 is 0 Å². The van der Waals surface area contributed by atoms with Gasteiger partial charge in [-0.05, 0) is 77.3 Å². The molecule has 0 aliphatic heterocycles. The lowest BCUT2D eigenvalue weighted by Crippen LogP contribution is -2.15. The Morgan fingerprint density at radius 1 is 1.24 bits per heavy atom. The monoisotopic (exact) mass is 490 g/mol. The van der Waals surface area contributed by atoms with Gasteiger partial charge in [0.1, 0.15) is 0 Å². The molecule has 0 radical (unpaired) electrons. The first-order chi connectivity index (χ1) is 13.9. The summed E-state index contributed by atoms with van der Waals surface area (Å²) < 4.78 is 2.79. The molecule has 0 aliphatic rings. The number of rotatable bonds is 7. The van der Waals surface area contributed by atoms with Gasteiger partial charge in [0.25, 0.3) is 0 Å². The van der Waals surface area contributed by atoms with Gasteiger partial charge in [0.05, 0.1) is 11.4 Å². The van der Waals surface area contributed by atoms with Crippen molar-refractivity contribution in [2.45, 2.75) is 25.5 Å². The molecule has 0 atom stereocenters. The first kappa shape index (κ1) is 21.6. The zero-order valence-electron chi connectivity index (χ0n) is 16.1. The topological polar surface area (TPSA) is 59.8 Å². The van der Waals surface area contributed by atoms with Gasteiger partial charge in [-0.15, -0.1) is 16.8 Å². The molecular weight excluding hydrogens is 472 g/mol. The van der Waals surface area contributed by atoms with Gasteiger partial charge in [-0.3, -0.25) is 9.36 Å². The van der Waals surface area contributed by atoms with Crippen LogP contribution >= 0.6 is 39.3 Å². The van der Waals surface area contributed by atoms with E-state index in [1.54, 1.807) is 6.08 Å². The van der Waals surface area contributed by atoms with Gasteiger partial charge in [0, 0.05) is 21.6 Å². The Morgan fingerprint density at radius 3 is 2.62 bits per heavy atom. The minimum Gasteiger partial charge on any atom is -0.324 e. The van der Waals surface area contributed by atoms with Crippen LogP contribution in [0.25, 0.3) is 11.4 Å². The van der Waals surface area contributed by atoms with Crippen LogP contribution in [0, 0.1) is 13.8 Å². The van der Waals surface area contributed by atoms with E-state index in [-0.39, 0.29) is 11.7 Å². The molecular formula is C21H20BrClN4OS. The number of nitrogens with one attached hydrogen (secondary N) is 1. The molecule has 0 unspecified atom stereocenters. The number of aryl methyl sites for hydroxylation is 2. The van der Waals surface area contributed by atoms with Crippen molar-refractivity contribution in [3.63, 3.8) is 0 Å². The summed E-state index contributed by atoms with van der Waals surface area (Å²) in [5.41, 5.74) is 3.94. The fraction of sp³-hybridized carbons (Fsp3) is 0.190. The number of amides is 1. The van der Waals surface area contributed by atoms with Gasteiger partial charge in [-0.25, -0.2) is 0 Å². The summed E-state index contributed by atoms with van der Waals surface area (Å²) in [5.74, 6) is 0.816. The van der Waals surface area contributed by atoms with Crippen LogP contribution in [0.5, 0.6) is 0 Å². The van der Waals surface area contributed by atoms with Crippen LogP contribution in [-0.4, -0.2) is 26.4 Å². The Bertz CT molecular complexity index is 1050. The van der Waals surface area contributed by atoms with Crippen molar-refractivity contribution in [2.24, 2.45) is 0 Å². The fourth-order valence-corrected chi connectivity index (χ4v) is 4.13. The number of benzene rings is 2. The van der Waals surface area contributed by atoms with Gasteiger partial charge < -0.3 is 5.32 Å². The Balaban J connectivity index is 1.73. The van der Waals surface area contributed by atoms with Crippen molar-refractivity contribution >= 4 is 50.9 Å². The number of carbonyl (C=O) groups excluding carboxylic acids is 1. The summed E-state index contributed by atoms with van der Waals surface area (Å²) in [6.07, 6.45) is 1.78. The molecule has 0 bridgehead atoms. The maximum Gasteiger partial charge on any atom is 0.234 e. The minimum absolute atomic E-state index is 0.111. The lowest BCUT2D eigenvalue weighted by molar-refractivity contribution is -0.113. The molecule has 0 saturated heterocycles. The quantitative estimate of drug-likeness (QED) is 0.330. The van der Waals surface area contributed by atoms with E-state index in [2.05, 4.69) is 38.0 Å². The van der Waals surface area contributed by atoms with E-state index in [9.17, 15) is 4.79 Å². The SMILES string of the molecule is C=CCn1c(SCC(=O)Nc2cc(C)c(C)cc2Br)nnc1-c1ccc(Cl)cc1. The van der Waals surface area contributed by atoms with E-state index >= 15 is 0 Å². The molecule has 1 amide bonds. The lowest BCUT2D eigenvalue weighted by Gasteiger charge is -2.11. The third kappa shape index (κ3) is 5.29. The second-order valence-corrected chi connectivity index (χ2v) is 8.70. The van der Waals surface area contributed by atoms with E-state index in [1.807, 2.05) is 54.8 Å². The maximum absolute atomic E-state index is 12.5. The maximum atomic E-state index is 12.5. The summed E-state index contributed by atoms with van der Waals surface area (Å²) >= 11 is 10.8. The largest absolute Gasteiger partial charge is 0.324 e. The first-order valence-electron chi connectivity index (χ1n) is 8.88. The Morgan fingerprint density at radius 2 is 1.93 bits per heavy atom. The second kappa shape index (κ2) is 9.61. The van der Waals surface area contributed by atoms with Gasteiger partial charge in [0.15, 0.2) is 11.0 Å². The van der Waals surface area contributed by atoms with Crippen LogP contribution in [-0.2, 0) is 11.3 Å². The van der Waals surface area contributed by atoms with Gasteiger partial charge in [0.2, 0.25) is 5.91 Å². The van der Waals surface area contributed by atoms with Crippen molar-refractivity contribution in [2.75, 3.05) is 11.1 Å². The zero-order chi connectivity index (χ0) is 21.0. The number of aromatic nitrogens is 3. The minimum atomic E-state index is -0.111. The highest BCUT2D eigenvalue weighted by molar-refractivity contribution is 9.10. The zero-order valence-corrected chi connectivity index (χ0v) is 19.2. The average molecular weight is 492 g/mol. The van der Waals surface area contributed by atoms with Crippen molar-refractivity contribution < 1.29 is 4.79 Å². The number of hydrogen-bond donors (Lipinski definition) is 1. The highest BCUT2D eigenvalue weighted by Crippen LogP contribution is 2.28. The number of halogens is 2. The van der Waals surface area contributed by atoms with Crippen molar-refractivity contribution in [1.82, 2.24) is 14.8 Å².